The van der Waals surface area contributed by atoms with Crippen molar-refractivity contribution in [1.29, 1.82) is 0 Å². The summed E-state index contributed by atoms with van der Waals surface area (Å²) < 4.78 is 0. The van der Waals surface area contributed by atoms with Crippen LogP contribution >= 0.6 is 0 Å². The second-order valence-corrected chi connectivity index (χ2v) is 9.00. The summed E-state index contributed by atoms with van der Waals surface area (Å²) in [6, 6.07) is 5.79. The maximum absolute atomic E-state index is 12.5. The Bertz CT molecular complexity index is 666. The zero-order valence-electron chi connectivity index (χ0n) is 15.8. The zero-order valence-corrected chi connectivity index (χ0v) is 15.8. The van der Waals surface area contributed by atoms with Gasteiger partial charge in [-0.1, -0.05) is 32.9 Å². The topological polar surface area (TPSA) is 44.4 Å². The molecule has 2 N–H and O–H groups in total. The van der Waals surface area contributed by atoms with Crippen molar-refractivity contribution in [3.05, 3.63) is 34.4 Å². The van der Waals surface area contributed by atoms with Crippen LogP contribution in [0.5, 0.6) is 0 Å². The van der Waals surface area contributed by atoms with Gasteiger partial charge in [-0.25, -0.2) is 4.79 Å². The van der Waals surface area contributed by atoms with Gasteiger partial charge >= 0.3 is 6.03 Å². The highest BCUT2D eigenvalue weighted by molar-refractivity contribution is 5.75. The third-order valence-electron chi connectivity index (χ3n) is 5.87. The average molecular weight is 341 g/mol. The van der Waals surface area contributed by atoms with Crippen molar-refractivity contribution in [2.75, 3.05) is 13.1 Å². The molecule has 2 aliphatic heterocycles. The summed E-state index contributed by atoms with van der Waals surface area (Å²) >= 11 is 0. The average Bonchev–Trinajstić information content (AvgIpc) is 3.22. The first-order valence-electron chi connectivity index (χ1n) is 9.87. The van der Waals surface area contributed by atoms with Gasteiger partial charge in [0.2, 0.25) is 0 Å². The number of nitrogens with one attached hydrogen (secondary N) is 2. The highest BCUT2D eigenvalue weighted by Gasteiger charge is 2.31. The number of hydrogen-bond acceptors (Lipinski definition) is 2. The molecule has 4 rings (SSSR count). The third kappa shape index (κ3) is 3.55. The number of amides is 2. The highest BCUT2D eigenvalue weighted by Crippen LogP contribution is 2.36. The minimum Gasteiger partial charge on any atom is -0.335 e. The van der Waals surface area contributed by atoms with Crippen LogP contribution in [0.3, 0.4) is 0 Å². The van der Waals surface area contributed by atoms with E-state index < -0.39 is 0 Å². The molecule has 0 bridgehead atoms. The van der Waals surface area contributed by atoms with Crippen molar-refractivity contribution in [3.63, 3.8) is 0 Å². The number of rotatable bonds is 2. The minimum atomic E-state index is 0.123. The van der Waals surface area contributed by atoms with Gasteiger partial charge in [0.1, 0.15) is 0 Å². The van der Waals surface area contributed by atoms with Crippen molar-refractivity contribution in [2.24, 2.45) is 0 Å². The Morgan fingerprint density at radius 2 is 2.04 bits per heavy atom. The van der Waals surface area contributed by atoms with Gasteiger partial charge < -0.3 is 15.5 Å². The summed E-state index contributed by atoms with van der Waals surface area (Å²) in [6.45, 7) is 9.56. The van der Waals surface area contributed by atoms with E-state index in [1.807, 2.05) is 4.90 Å². The molecule has 4 nitrogen and oxygen atoms in total. The number of carbonyl (C=O) groups excluding carboxylic acids is 1. The largest absolute Gasteiger partial charge is 0.335 e. The van der Waals surface area contributed by atoms with Crippen LogP contribution in [-0.4, -0.2) is 30.1 Å². The number of urea groups is 1. The molecule has 2 amide bonds. The van der Waals surface area contributed by atoms with Crippen LogP contribution in [0.2, 0.25) is 0 Å². The lowest BCUT2D eigenvalue weighted by molar-refractivity contribution is 0.191. The van der Waals surface area contributed by atoms with E-state index in [2.05, 4.69) is 43.5 Å². The van der Waals surface area contributed by atoms with Gasteiger partial charge in [-0.2, -0.15) is 0 Å². The summed E-state index contributed by atoms with van der Waals surface area (Å²) in [5.74, 6) is 0. The number of carbonyl (C=O) groups is 1. The van der Waals surface area contributed by atoms with Crippen LogP contribution in [0, 0.1) is 0 Å². The molecular weight excluding hydrogens is 310 g/mol. The highest BCUT2D eigenvalue weighted by atomic mass is 16.2. The molecule has 3 aliphatic rings. The van der Waals surface area contributed by atoms with E-state index in [-0.39, 0.29) is 11.4 Å². The van der Waals surface area contributed by atoms with Crippen LogP contribution in [0.1, 0.15) is 74.8 Å². The first-order chi connectivity index (χ1) is 11.9. The molecule has 1 atom stereocenters. The Labute approximate surface area is 151 Å². The van der Waals surface area contributed by atoms with E-state index in [1.54, 1.807) is 0 Å². The van der Waals surface area contributed by atoms with Crippen molar-refractivity contribution in [1.82, 2.24) is 15.5 Å². The predicted molar refractivity (Wildman–Crippen MR) is 101 cm³/mol. The number of fused-ring (bicyclic) bond motifs is 1. The Kier molecular flexibility index (Phi) is 4.27. The number of hydrogen-bond donors (Lipinski definition) is 2. The number of nitrogens with zero attached hydrogens (tertiary/aromatic N) is 1. The predicted octanol–water partition coefficient (Wildman–Crippen LogP) is 3.64. The fourth-order valence-electron chi connectivity index (χ4n) is 4.06. The molecule has 4 heteroatoms. The summed E-state index contributed by atoms with van der Waals surface area (Å²) in [6.07, 6.45) is 5.70. The van der Waals surface area contributed by atoms with Gasteiger partial charge in [-0.05, 0) is 66.3 Å². The van der Waals surface area contributed by atoms with Gasteiger partial charge in [0.15, 0.2) is 0 Å². The normalized spacial score (nSPS) is 23.5. The van der Waals surface area contributed by atoms with Crippen LogP contribution in [-0.2, 0) is 18.4 Å². The second-order valence-electron chi connectivity index (χ2n) is 9.00. The van der Waals surface area contributed by atoms with Gasteiger partial charge in [-0.3, -0.25) is 0 Å². The van der Waals surface area contributed by atoms with Crippen LogP contribution < -0.4 is 10.6 Å². The molecule has 0 aromatic heterocycles. The summed E-state index contributed by atoms with van der Waals surface area (Å²) in [5.41, 5.74) is 5.86. The Morgan fingerprint density at radius 1 is 1.24 bits per heavy atom. The minimum absolute atomic E-state index is 0.123. The molecule has 136 valence electrons. The molecular formula is C21H31N3O. The van der Waals surface area contributed by atoms with Gasteiger partial charge in [-0.15, -0.1) is 0 Å². The Balaban J connectivity index is 1.66. The molecule has 0 spiro atoms. The molecule has 25 heavy (non-hydrogen) atoms. The third-order valence-corrected chi connectivity index (χ3v) is 5.87. The van der Waals surface area contributed by atoms with Gasteiger partial charge in [0.25, 0.3) is 0 Å². The second kappa shape index (κ2) is 6.31. The SMILES string of the molecule is CC(C)(C)c1cc2c(c([C@@H]3CCCN3)c1)CN(C(=O)NC1CC1)CC2. The molecule has 1 aromatic rings. The summed E-state index contributed by atoms with van der Waals surface area (Å²) in [4.78, 5) is 14.5. The van der Waals surface area contributed by atoms with E-state index in [0.717, 1.165) is 38.9 Å². The van der Waals surface area contributed by atoms with Crippen molar-refractivity contribution in [3.8, 4) is 0 Å². The van der Waals surface area contributed by atoms with E-state index in [1.165, 1.54) is 35.1 Å². The molecule has 1 aliphatic carbocycles. The quantitative estimate of drug-likeness (QED) is 0.862. The molecule has 0 unspecified atom stereocenters. The van der Waals surface area contributed by atoms with E-state index >= 15 is 0 Å². The van der Waals surface area contributed by atoms with Gasteiger partial charge in [0.05, 0.1) is 0 Å². The van der Waals surface area contributed by atoms with Crippen LogP contribution in [0.15, 0.2) is 12.1 Å². The van der Waals surface area contributed by atoms with E-state index in [0.29, 0.717) is 12.1 Å². The van der Waals surface area contributed by atoms with Gasteiger partial charge in [0, 0.05) is 25.2 Å². The lowest BCUT2D eigenvalue weighted by Gasteiger charge is -2.34. The molecule has 1 saturated carbocycles. The lowest BCUT2D eigenvalue weighted by atomic mass is 9.80. The standard InChI is InChI=1S/C21H31N3O/c1-21(2,3)15-11-14-8-10-24(20(25)23-16-6-7-16)13-18(14)17(12-15)19-5-4-9-22-19/h11-12,16,19,22H,4-10,13H2,1-3H3,(H,23,25)/t19-/m0/s1. The monoisotopic (exact) mass is 341 g/mol. The molecule has 0 radical (unpaired) electrons. The first kappa shape index (κ1) is 16.9. The lowest BCUT2D eigenvalue weighted by Crippen LogP contribution is -2.44. The Hall–Kier alpha value is -1.55. The van der Waals surface area contributed by atoms with E-state index in [4.69, 9.17) is 0 Å². The van der Waals surface area contributed by atoms with Crippen molar-refractivity contribution >= 4 is 6.03 Å². The Morgan fingerprint density at radius 3 is 2.68 bits per heavy atom. The fourth-order valence-corrected chi connectivity index (χ4v) is 4.06. The smallest absolute Gasteiger partial charge is 0.317 e. The first-order valence-corrected chi connectivity index (χ1v) is 9.87. The fraction of sp³-hybridized carbons (Fsp3) is 0.667. The van der Waals surface area contributed by atoms with Crippen LogP contribution in [0.4, 0.5) is 4.79 Å². The number of benzene rings is 1. The molecule has 2 heterocycles. The molecule has 1 saturated heterocycles. The molecule has 1 aromatic carbocycles. The summed E-state index contributed by atoms with van der Waals surface area (Å²) in [7, 11) is 0. The maximum atomic E-state index is 12.5. The molecule has 2 fully saturated rings. The van der Waals surface area contributed by atoms with Crippen molar-refractivity contribution in [2.45, 2.75) is 76.9 Å². The van der Waals surface area contributed by atoms with Crippen molar-refractivity contribution < 1.29 is 4.79 Å². The zero-order chi connectivity index (χ0) is 17.6. The van der Waals surface area contributed by atoms with Crippen LogP contribution in [0.25, 0.3) is 0 Å². The summed E-state index contributed by atoms with van der Waals surface area (Å²) in [5, 5.41) is 6.82. The maximum Gasteiger partial charge on any atom is 0.317 e. The van der Waals surface area contributed by atoms with E-state index in [9.17, 15) is 4.79 Å².